The van der Waals surface area contributed by atoms with Gasteiger partial charge >= 0.3 is 0 Å². The van der Waals surface area contributed by atoms with E-state index in [2.05, 4.69) is 16.2 Å². The fourth-order valence-electron chi connectivity index (χ4n) is 4.59. The molecule has 5 rings (SSSR count). The van der Waals surface area contributed by atoms with E-state index in [4.69, 9.17) is 15.5 Å². The number of anilines is 1. The first-order chi connectivity index (χ1) is 16.1. The lowest BCUT2D eigenvalue weighted by molar-refractivity contribution is -0.130. The van der Waals surface area contributed by atoms with Crippen molar-refractivity contribution in [2.75, 3.05) is 5.73 Å². The minimum absolute atomic E-state index is 0.133. The molecule has 0 fully saturated rings. The van der Waals surface area contributed by atoms with Crippen molar-refractivity contribution in [3.63, 3.8) is 0 Å². The van der Waals surface area contributed by atoms with Gasteiger partial charge in [-0.2, -0.15) is 10.4 Å². The summed E-state index contributed by atoms with van der Waals surface area (Å²) in [7, 11) is 1.71. The van der Waals surface area contributed by atoms with Gasteiger partial charge in [0.15, 0.2) is 11.6 Å². The molecule has 0 saturated carbocycles. The highest BCUT2D eigenvalue weighted by molar-refractivity contribution is 6.15. The summed E-state index contributed by atoms with van der Waals surface area (Å²) in [4.78, 5) is 24.3. The normalized spacial score (nSPS) is 18.5. The molecule has 0 spiro atoms. The fraction of sp³-hybridized carbons (Fsp3) is 0.320. The van der Waals surface area contributed by atoms with E-state index in [0.29, 0.717) is 34.1 Å². The Balaban J connectivity index is 1.82. The first-order valence-electron chi connectivity index (χ1n) is 11.0. The van der Waals surface area contributed by atoms with Crippen molar-refractivity contribution in [2.24, 2.45) is 12.0 Å². The molecule has 1 aromatic carbocycles. The largest absolute Gasteiger partial charge is 0.482 e. The van der Waals surface area contributed by atoms with Crippen LogP contribution in [0.2, 0.25) is 0 Å². The van der Waals surface area contributed by atoms with Gasteiger partial charge in [-0.05, 0) is 33.8 Å². The molecule has 1 atom stereocenters. The molecular weight excluding hydrogens is 430 g/mol. The molecule has 0 aliphatic carbocycles. The van der Waals surface area contributed by atoms with Crippen LogP contribution in [0, 0.1) is 18.3 Å². The van der Waals surface area contributed by atoms with Crippen molar-refractivity contribution >= 4 is 17.6 Å². The van der Waals surface area contributed by atoms with E-state index < -0.39 is 11.6 Å². The number of amidine groups is 1. The Kier molecular flexibility index (Phi) is 4.72. The van der Waals surface area contributed by atoms with E-state index in [1.165, 1.54) is 4.68 Å². The fourth-order valence-corrected chi connectivity index (χ4v) is 4.59. The molecular formula is C25H25N7O2. The van der Waals surface area contributed by atoms with E-state index in [-0.39, 0.29) is 18.3 Å². The minimum atomic E-state index is -0.932. The number of nitrogens with two attached hydrogens (primary N) is 1. The molecule has 1 amide bonds. The number of nitrogen functional groups attached to an aromatic ring is 1. The summed E-state index contributed by atoms with van der Waals surface area (Å²) in [6.45, 7) is 7.70. The van der Waals surface area contributed by atoms with Crippen LogP contribution < -0.4 is 10.5 Å². The number of carbonyl (C=O) groups is 1. The first-order valence-corrected chi connectivity index (χ1v) is 11.0. The highest BCUT2D eigenvalue weighted by Gasteiger charge is 2.43. The van der Waals surface area contributed by atoms with Crippen molar-refractivity contribution in [3.8, 4) is 22.9 Å². The zero-order valence-corrected chi connectivity index (χ0v) is 19.7. The summed E-state index contributed by atoms with van der Waals surface area (Å²) in [5, 5.41) is 14.5. The van der Waals surface area contributed by atoms with Crippen LogP contribution in [0.15, 0.2) is 35.5 Å². The van der Waals surface area contributed by atoms with E-state index in [9.17, 15) is 10.1 Å². The standard InChI is InChI=1S/C25H25N7O2/c1-13-6-7-16-17(8-13)14(2)34-20-9-15(11-28-22(20)27)21-18(30-31(5)19(21)10-26)12-32-23(16)29-25(3,4)24(32)33/h6-9,11,14H,12H2,1-5H3,(H2,27,28)/t14-/m1/s1. The molecule has 9 nitrogen and oxygen atoms in total. The predicted molar refractivity (Wildman–Crippen MR) is 127 cm³/mol. The van der Waals surface area contributed by atoms with Crippen molar-refractivity contribution in [1.29, 1.82) is 5.26 Å². The third-order valence-corrected chi connectivity index (χ3v) is 6.30. The molecule has 172 valence electrons. The molecule has 2 bridgehead atoms. The number of aromatic nitrogens is 3. The predicted octanol–water partition coefficient (Wildman–Crippen LogP) is 3.27. The Morgan fingerprint density at radius 3 is 2.79 bits per heavy atom. The second-order valence-corrected chi connectivity index (χ2v) is 9.25. The van der Waals surface area contributed by atoms with Gasteiger partial charge in [0.2, 0.25) is 0 Å². The first kappa shape index (κ1) is 21.6. The topological polar surface area (TPSA) is 122 Å². The van der Waals surface area contributed by atoms with E-state index in [1.54, 1.807) is 38.1 Å². The molecule has 9 heteroatoms. The third kappa shape index (κ3) is 3.22. The molecule has 34 heavy (non-hydrogen) atoms. The Morgan fingerprint density at radius 1 is 1.29 bits per heavy atom. The Morgan fingerprint density at radius 2 is 2.06 bits per heavy atom. The van der Waals surface area contributed by atoms with Crippen LogP contribution in [0.25, 0.3) is 11.1 Å². The lowest BCUT2D eigenvalue weighted by Gasteiger charge is -2.25. The molecule has 0 saturated heterocycles. The van der Waals surface area contributed by atoms with Crippen LogP contribution in [-0.2, 0) is 18.4 Å². The summed E-state index contributed by atoms with van der Waals surface area (Å²) < 4.78 is 7.82. The van der Waals surface area contributed by atoms with Crippen molar-refractivity contribution in [2.45, 2.75) is 45.9 Å². The molecule has 2 aliphatic rings. The van der Waals surface area contributed by atoms with Crippen LogP contribution in [-0.4, -0.2) is 36.9 Å². The number of pyridine rings is 1. The van der Waals surface area contributed by atoms with Crippen LogP contribution in [0.5, 0.6) is 5.75 Å². The van der Waals surface area contributed by atoms with Crippen LogP contribution in [0.3, 0.4) is 0 Å². The lowest BCUT2D eigenvalue weighted by atomic mass is 9.98. The summed E-state index contributed by atoms with van der Waals surface area (Å²) in [6.07, 6.45) is 1.20. The zero-order chi connectivity index (χ0) is 24.4. The highest BCUT2D eigenvalue weighted by Crippen LogP contribution is 2.38. The Labute approximate surface area is 197 Å². The molecule has 4 heterocycles. The van der Waals surface area contributed by atoms with Gasteiger partial charge in [0.1, 0.15) is 29.2 Å². The van der Waals surface area contributed by atoms with E-state index in [0.717, 1.165) is 16.7 Å². The number of ether oxygens (including phenoxy) is 1. The lowest BCUT2D eigenvalue weighted by Crippen LogP contribution is -2.39. The van der Waals surface area contributed by atoms with E-state index in [1.807, 2.05) is 32.0 Å². The van der Waals surface area contributed by atoms with E-state index >= 15 is 0 Å². The number of aliphatic imine (C=N–C) groups is 1. The average molecular weight is 456 g/mol. The molecule has 3 aromatic rings. The SMILES string of the molecule is Cc1ccc2c(c1)[C@@H](C)Oc1cc(cnc1N)-c1c(nn(C)c1C#N)CN1C(=O)C(C)(C)N=C21. The second kappa shape index (κ2) is 7.42. The van der Waals surface area contributed by atoms with Gasteiger partial charge in [-0.1, -0.05) is 23.8 Å². The van der Waals surface area contributed by atoms with Crippen molar-refractivity contribution < 1.29 is 9.53 Å². The number of amides is 1. The van der Waals surface area contributed by atoms with Gasteiger partial charge in [0.25, 0.3) is 5.91 Å². The minimum Gasteiger partial charge on any atom is -0.482 e. The number of nitrogens with zero attached hydrogens (tertiary/aromatic N) is 6. The van der Waals surface area contributed by atoms with Gasteiger partial charge in [0.05, 0.1) is 12.2 Å². The number of carbonyl (C=O) groups excluding carboxylic acids is 1. The summed E-state index contributed by atoms with van der Waals surface area (Å²) >= 11 is 0. The number of hydrogen-bond acceptors (Lipinski definition) is 7. The van der Waals surface area contributed by atoms with Gasteiger partial charge in [-0.15, -0.1) is 0 Å². The highest BCUT2D eigenvalue weighted by atomic mass is 16.5. The molecule has 0 unspecified atom stereocenters. The maximum absolute atomic E-state index is 13.5. The van der Waals surface area contributed by atoms with Crippen molar-refractivity contribution in [3.05, 3.63) is 58.5 Å². The average Bonchev–Trinajstić information content (AvgIpc) is 3.22. The Bertz CT molecular complexity index is 1430. The summed E-state index contributed by atoms with van der Waals surface area (Å²) in [5.74, 6) is 1.09. The summed E-state index contributed by atoms with van der Waals surface area (Å²) in [5.41, 5.74) is 10.1. The van der Waals surface area contributed by atoms with Crippen LogP contribution >= 0.6 is 0 Å². The number of fused-ring (bicyclic) bond motifs is 7. The molecule has 2 N–H and O–H groups in total. The third-order valence-electron chi connectivity index (χ3n) is 6.30. The maximum Gasteiger partial charge on any atom is 0.255 e. The van der Waals surface area contributed by atoms with Crippen LogP contribution in [0.4, 0.5) is 5.82 Å². The van der Waals surface area contributed by atoms with Crippen LogP contribution in [0.1, 0.15) is 55.0 Å². The number of aryl methyl sites for hydroxylation is 2. The van der Waals surface area contributed by atoms with Gasteiger partial charge in [0, 0.05) is 35.5 Å². The number of rotatable bonds is 0. The Hall–Kier alpha value is -4.19. The van der Waals surface area contributed by atoms with Gasteiger partial charge in [-0.25, -0.2) is 4.98 Å². The summed E-state index contributed by atoms with van der Waals surface area (Å²) in [6, 6.07) is 10.00. The number of benzene rings is 1. The monoisotopic (exact) mass is 455 g/mol. The molecule has 0 radical (unpaired) electrons. The number of hydrogen-bond donors (Lipinski definition) is 1. The maximum atomic E-state index is 13.5. The smallest absolute Gasteiger partial charge is 0.255 e. The van der Waals surface area contributed by atoms with Gasteiger partial charge < -0.3 is 10.5 Å². The second-order valence-electron chi connectivity index (χ2n) is 9.25. The number of nitriles is 1. The zero-order valence-electron chi connectivity index (χ0n) is 19.7. The molecule has 2 aromatic heterocycles. The van der Waals surface area contributed by atoms with Gasteiger partial charge in [-0.3, -0.25) is 19.4 Å². The molecule has 2 aliphatic heterocycles. The quantitative estimate of drug-likeness (QED) is 0.555. The van der Waals surface area contributed by atoms with Crippen molar-refractivity contribution in [1.82, 2.24) is 19.7 Å².